The third kappa shape index (κ3) is 5.34. The Morgan fingerprint density at radius 3 is 2.46 bits per heavy atom. The number of aliphatic carboxylic acids is 1. The van der Waals surface area contributed by atoms with Crippen molar-refractivity contribution in [2.45, 2.75) is 70.7 Å². The molecule has 1 aliphatic heterocycles. The van der Waals surface area contributed by atoms with Crippen molar-refractivity contribution < 1.29 is 19.4 Å². The molecule has 0 aromatic heterocycles. The maximum Gasteiger partial charge on any atom is 0.323 e. The van der Waals surface area contributed by atoms with E-state index in [-0.39, 0.29) is 24.5 Å². The molecule has 5 nitrogen and oxygen atoms in total. The number of likely N-dealkylation sites (tertiary alicyclic amines) is 1. The molecule has 0 saturated carbocycles. The molecule has 1 aliphatic rings. The maximum atomic E-state index is 12.6. The molecule has 0 radical (unpaired) electrons. The summed E-state index contributed by atoms with van der Waals surface area (Å²) in [6, 6.07) is 9.75. The fourth-order valence-corrected chi connectivity index (χ4v) is 3.19. The number of esters is 1. The first-order valence-electron chi connectivity index (χ1n) is 8.50. The molecule has 2 rings (SSSR count). The fourth-order valence-electron chi connectivity index (χ4n) is 3.19. The van der Waals surface area contributed by atoms with Gasteiger partial charge in [0.25, 0.3) is 0 Å². The van der Waals surface area contributed by atoms with Crippen LogP contribution >= 0.6 is 0 Å². The van der Waals surface area contributed by atoms with Crippen LogP contribution in [0.3, 0.4) is 0 Å². The number of carboxylic acid groups (broad SMARTS) is 1. The number of carboxylic acids is 1. The van der Waals surface area contributed by atoms with E-state index in [1.165, 1.54) is 0 Å². The van der Waals surface area contributed by atoms with E-state index in [1.807, 2.05) is 51.1 Å². The fraction of sp³-hybridized carbons (Fsp3) is 0.579. The Labute approximate surface area is 143 Å². The van der Waals surface area contributed by atoms with Crippen LogP contribution in [0.15, 0.2) is 30.3 Å². The molecule has 0 spiro atoms. The summed E-state index contributed by atoms with van der Waals surface area (Å²) >= 11 is 0. The average Bonchev–Trinajstić information content (AvgIpc) is 2.87. The highest BCUT2D eigenvalue weighted by atomic mass is 16.6. The van der Waals surface area contributed by atoms with Crippen molar-refractivity contribution in [3.8, 4) is 0 Å². The second-order valence-electron chi connectivity index (χ2n) is 7.37. The summed E-state index contributed by atoms with van der Waals surface area (Å²) in [6.07, 6.45) is 2.22. The number of nitrogens with zero attached hydrogens (tertiary/aromatic N) is 1. The van der Waals surface area contributed by atoms with Gasteiger partial charge in [-0.1, -0.05) is 30.3 Å². The normalized spacial score (nSPS) is 21.6. The van der Waals surface area contributed by atoms with E-state index in [4.69, 9.17) is 9.84 Å². The van der Waals surface area contributed by atoms with Crippen molar-refractivity contribution >= 4 is 11.9 Å². The Morgan fingerprint density at radius 1 is 1.21 bits per heavy atom. The van der Waals surface area contributed by atoms with E-state index in [1.54, 1.807) is 0 Å². The summed E-state index contributed by atoms with van der Waals surface area (Å²) in [5.41, 5.74) is 0.600. The predicted octanol–water partition coefficient (Wildman–Crippen LogP) is 3.23. The summed E-state index contributed by atoms with van der Waals surface area (Å²) in [5.74, 6) is -1.01. The molecular formula is C19H27NO4. The first-order chi connectivity index (χ1) is 11.3. The first-order valence-corrected chi connectivity index (χ1v) is 8.50. The van der Waals surface area contributed by atoms with E-state index in [9.17, 15) is 9.59 Å². The van der Waals surface area contributed by atoms with Crippen LogP contribution in [-0.2, 0) is 20.9 Å². The van der Waals surface area contributed by atoms with Crippen LogP contribution in [0.4, 0.5) is 0 Å². The van der Waals surface area contributed by atoms with Gasteiger partial charge in [0, 0.05) is 19.0 Å². The zero-order chi connectivity index (χ0) is 17.7. The van der Waals surface area contributed by atoms with Crippen LogP contribution in [0, 0.1) is 0 Å². The van der Waals surface area contributed by atoms with Crippen LogP contribution in [0.1, 0.15) is 52.0 Å². The zero-order valence-electron chi connectivity index (χ0n) is 14.7. The highest BCUT2D eigenvalue weighted by Crippen LogP contribution is 2.30. The lowest BCUT2D eigenvalue weighted by Gasteiger charge is -2.31. The van der Waals surface area contributed by atoms with Gasteiger partial charge in [0.05, 0.1) is 0 Å². The lowest BCUT2D eigenvalue weighted by molar-refractivity contribution is -0.161. The number of ether oxygens (including phenoxy) is 1. The largest absolute Gasteiger partial charge is 0.481 e. The van der Waals surface area contributed by atoms with Gasteiger partial charge in [-0.15, -0.1) is 0 Å². The van der Waals surface area contributed by atoms with E-state index < -0.39 is 11.6 Å². The first kappa shape index (κ1) is 18.5. The minimum absolute atomic E-state index is 0.0961. The topological polar surface area (TPSA) is 66.8 Å². The Morgan fingerprint density at radius 2 is 1.88 bits per heavy atom. The number of hydrogen-bond acceptors (Lipinski definition) is 4. The van der Waals surface area contributed by atoms with E-state index in [0.717, 1.165) is 12.0 Å². The van der Waals surface area contributed by atoms with Gasteiger partial charge in [-0.2, -0.15) is 0 Å². The highest BCUT2D eigenvalue weighted by Gasteiger charge is 2.39. The summed E-state index contributed by atoms with van der Waals surface area (Å²) < 4.78 is 5.57. The molecule has 0 bridgehead atoms. The molecule has 1 aromatic rings. The highest BCUT2D eigenvalue weighted by molar-refractivity contribution is 5.76. The van der Waals surface area contributed by atoms with Gasteiger partial charge >= 0.3 is 11.9 Å². The molecule has 0 aliphatic carbocycles. The van der Waals surface area contributed by atoms with Crippen molar-refractivity contribution in [3.63, 3.8) is 0 Å². The van der Waals surface area contributed by atoms with Crippen LogP contribution < -0.4 is 0 Å². The van der Waals surface area contributed by atoms with Gasteiger partial charge in [-0.05, 0) is 45.6 Å². The van der Waals surface area contributed by atoms with Crippen LogP contribution in [-0.4, -0.2) is 39.6 Å². The van der Waals surface area contributed by atoms with Crippen molar-refractivity contribution in [2.24, 2.45) is 0 Å². The standard InChI is InChI=1S/C19H27NO4/c1-19(2,3)24-18(23)16-11-9-15(10-12-17(21)22)20(16)13-14-7-5-4-6-8-14/h4-8,15-16H,9-13H2,1-3H3,(H,21,22). The number of carbonyl (C=O) groups excluding carboxylic acids is 1. The molecule has 2 unspecified atom stereocenters. The Bertz CT molecular complexity index is 564. The molecule has 1 heterocycles. The molecule has 2 atom stereocenters. The van der Waals surface area contributed by atoms with E-state index in [2.05, 4.69) is 4.90 Å². The van der Waals surface area contributed by atoms with Crippen molar-refractivity contribution in [3.05, 3.63) is 35.9 Å². The molecule has 0 amide bonds. The lowest BCUT2D eigenvalue weighted by Crippen LogP contribution is -2.43. The van der Waals surface area contributed by atoms with Crippen LogP contribution in [0.25, 0.3) is 0 Å². The van der Waals surface area contributed by atoms with Crippen molar-refractivity contribution in [2.75, 3.05) is 0 Å². The number of hydrogen-bond donors (Lipinski definition) is 1. The average molecular weight is 333 g/mol. The number of carbonyl (C=O) groups is 2. The third-order valence-electron chi connectivity index (χ3n) is 4.22. The van der Waals surface area contributed by atoms with Gasteiger partial charge in [-0.3, -0.25) is 14.5 Å². The van der Waals surface area contributed by atoms with Crippen LogP contribution in [0.2, 0.25) is 0 Å². The minimum atomic E-state index is -0.796. The molecule has 1 saturated heterocycles. The Hall–Kier alpha value is -1.88. The van der Waals surface area contributed by atoms with Crippen molar-refractivity contribution in [1.29, 1.82) is 0 Å². The molecule has 5 heteroatoms. The lowest BCUT2D eigenvalue weighted by atomic mass is 10.1. The summed E-state index contributed by atoms with van der Waals surface area (Å²) in [6.45, 7) is 6.23. The van der Waals surface area contributed by atoms with Gasteiger partial charge in [0.1, 0.15) is 11.6 Å². The molecule has 1 aromatic carbocycles. The maximum absolute atomic E-state index is 12.6. The molecule has 1 N–H and O–H groups in total. The van der Waals surface area contributed by atoms with Gasteiger partial charge in [-0.25, -0.2) is 0 Å². The number of rotatable bonds is 6. The second-order valence-corrected chi connectivity index (χ2v) is 7.37. The SMILES string of the molecule is CC(C)(C)OC(=O)C1CCC(CCC(=O)O)N1Cc1ccccc1. The quantitative estimate of drug-likeness (QED) is 0.810. The van der Waals surface area contributed by atoms with Gasteiger partial charge in [0.2, 0.25) is 0 Å². The summed E-state index contributed by atoms with van der Waals surface area (Å²) in [7, 11) is 0. The Kier molecular flexibility index (Phi) is 5.99. The molecule has 24 heavy (non-hydrogen) atoms. The predicted molar refractivity (Wildman–Crippen MR) is 91.5 cm³/mol. The smallest absolute Gasteiger partial charge is 0.323 e. The molecule has 1 fully saturated rings. The van der Waals surface area contributed by atoms with E-state index >= 15 is 0 Å². The molecular weight excluding hydrogens is 306 g/mol. The monoisotopic (exact) mass is 333 g/mol. The minimum Gasteiger partial charge on any atom is -0.481 e. The zero-order valence-corrected chi connectivity index (χ0v) is 14.7. The van der Waals surface area contributed by atoms with Gasteiger partial charge < -0.3 is 9.84 Å². The van der Waals surface area contributed by atoms with Gasteiger partial charge in [0.15, 0.2) is 0 Å². The van der Waals surface area contributed by atoms with E-state index in [0.29, 0.717) is 19.4 Å². The van der Waals surface area contributed by atoms with Crippen LogP contribution in [0.5, 0.6) is 0 Å². The second kappa shape index (κ2) is 7.79. The summed E-state index contributed by atoms with van der Waals surface area (Å²) in [5, 5.41) is 8.97. The Balaban J connectivity index is 2.13. The van der Waals surface area contributed by atoms with Crippen molar-refractivity contribution in [1.82, 2.24) is 4.90 Å². The third-order valence-corrected chi connectivity index (χ3v) is 4.22. The molecule has 132 valence electrons. The number of benzene rings is 1. The summed E-state index contributed by atoms with van der Waals surface area (Å²) in [4.78, 5) is 25.6.